The zero-order chi connectivity index (χ0) is 21.7. The largest absolute Gasteiger partial charge is 0.379 e. The Morgan fingerprint density at radius 1 is 1.19 bits per heavy atom. The lowest BCUT2D eigenvalue weighted by molar-refractivity contribution is 0.0730. The Morgan fingerprint density at radius 2 is 1.97 bits per heavy atom. The second-order valence-corrected chi connectivity index (χ2v) is 11.3. The molecule has 12 heteroatoms. The topological polar surface area (TPSA) is 111 Å². The van der Waals surface area contributed by atoms with Gasteiger partial charge in [-0.2, -0.15) is 4.31 Å². The van der Waals surface area contributed by atoms with Crippen molar-refractivity contribution in [2.45, 2.75) is 28.2 Å². The fourth-order valence-corrected chi connectivity index (χ4v) is 6.37. The van der Waals surface area contributed by atoms with Crippen LogP contribution in [0.25, 0.3) is 0 Å². The Kier molecular flexibility index (Phi) is 7.56. The van der Waals surface area contributed by atoms with Gasteiger partial charge in [0.2, 0.25) is 15.2 Å². The van der Waals surface area contributed by atoms with E-state index >= 15 is 0 Å². The molecule has 0 aliphatic carbocycles. The Hall–Kier alpha value is -1.57. The minimum atomic E-state index is -3.56. The number of sulfonamides is 1. The van der Waals surface area contributed by atoms with Crippen LogP contribution in [0.5, 0.6) is 0 Å². The summed E-state index contributed by atoms with van der Waals surface area (Å²) in [6.45, 7) is 2.98. The third-order valence-electron chi connectivity index (χ3n) is 5.02. The molecule has 0 unspecified atom stereocenters. The van der Waals surface area contributed by atoms with Crippen LogP contribution in [0, 0.1) is 0 Å². The van der Waals surface area contributed by atoms with E-state index in [1.165, 1.54) is 39.5 Å². The second kappa shape index (κ2) is 10.4. The molecule has 1 aromatic heterocycles. The molecule has 0 amide bonds. The number of benzene rings is 1. The maximum absolute atomic E-state index is 12.7. The lowest BCUT2D eigenvalue weighted by Crippen LogP contribution is -2.40. The number of rotatable bonds is 9. The molecule has 2 saturated heterocycles. The van der Waals surface area contributed by atoms with E-state index < -0.39 is 10.0 Å². The summed E-state index contributed by atoms with van der Waals surface area (Å²) in [7, 11) is -3.56. The monoisotopic (exact) mass is 484 g/mol. The Morgan fingerprint density at radius 3 is 2.68 bits per heavy atom. The minimum absolute atomic E-state index is 0.0932. The van der Waals surface area contributed by atoms with Crippen LogP contribution >= 0.6 is 23.1 Å². The molecule has 0 spiro atoms. The normalized spacial score (nSPS) is 20.1. The molecule has 2 aromatic rings. The van der Waals surface area contributed by atoms with Crippen molar-refractivity contribution in [2.24, 2.45) is 0 Å². The second-order valence-electron chi connectivity index (χ2n) is 7.14. The first-order valence-electron chi connectivity index (χ1n) is 10.1. The highest BCUT2D eigenvalue weighted by molar-refractivity contribution is 8.01. The van der Waals surface area contributed by atoms with Crippen molar-refractivity contribution in [1.82, 2.24) is 14.5 Å². The summed E-state index contributed by atoms with van der Waals surface area (Å²) >= 11 is 2.72. The van der Waals surface area contributed by atoms with Gasteiger partial charge in [-0.15, -0.1) is 10.2 Å². The number of morpholine rings is 1. The molecule has 1 aromatic carbocycles. The molecule has 2 fully saturated rings. The van der Waals surface area contributed by atoms with Crippen molar-refractivity contribution >= 4 is 44.0 Å². The van der Waals surface area contributed by atoms with E-state index in [0.29, 0.717) is 47.9 Å². The number of hydrogen-bond donors (Lipinski definition) is 1. The van der Waals surface area contributed by atoms with Crippen molar-refractivity contribution < 1.29 is 22.7 Å². The summed E-state index contributed by atoms with van der Waals surface area (Å²) in [5.41, 5.74) is 0.467. The molecular formula is C19H24N4O5S3. The van der Waals surface area contributed by atoms with Crippen molar-refractivity contribution in [2.75, 3.05) is 50.5 Å². The van der Waals surface area contributed by atoms with Crippen LogP contribution in [0.3, 0.4) is 0 Å². The molecule has 1 atom stereocenters. The highest BCUT2D eigenvalue weighted by Gasteiger charge is 2.26. The van der Waals surface area contributed by atoms with Crippen LogP contribution in [0.2, 0.25) is 0 Å². The summed E-state index contributed by atoms with van der Waals surface area (Å²) < 4.78 is 38.2. The van der Waals surface area contributed by atoms with Gasteiger partial charge in [0.1, 0.15) is 0 Å². The average Bonchev–Trinajstić information content (AvgIpc) is 3.49. The number of ether oxygens (including phenoxy) is 2. The minimum Gasteiger partial charge on any atom is -0.379 e. The van der Waals surface area contributed by atoms with Gasteiger partial charge >= 0.3 is 0 Å². The lowest BCUT2D eigenvalue weighted by Gasteiger charge is -2.26. The number of Topliss-reactive ketones (excluding diaryl/α,β-unsaturated/α-hetero) is 1. The zero-order valence-corrected chi connectivity index (χ0v) is 19.3. The summed E-state index contributed by atoms with van der Waals surface area (Å²) in [5, 5.41) is 12.1. The predicted molar refractivity (Wildman–Crippen MR) is 118 cm³/mol. The zero-order valence-electron chi connectivity index (χ0n) is 16.9. The van der Waals surface area contributed by atoms with Crippen molar-refractivity contribution in [3.8, 4) is 0 Å². The fourth-order valence-electron chi connectivity index (χ4n) is 3.31. The molecular weight excluding hydrogens is 460 g/mol. The van der Waals surface area contributed by atoms with E-state index in [1.807, 2.05) is 0 Å². The van der Waals surface area contributed by atoms with Gasteiger partial charge in [-0.3, -0.25) is 4.79 Å². The third kappa shape index (κ3) is 5.82. The van der Waals surface area contributed by atoms with E-state index in [0.717, 1.165) is 19.4 Å². The van der Waals surface area contributed by atoms with Gasteiger partial charge in [-0.1, -0.05) is 35.2 Å². The Labute approximate surface area is 189 Å². The van der Waals surface area contributed by atoms with Gasteiger partial charge in [-0.05, 0) is 25.0 Å². The molecule has 2 aliphatic heterocycles. The third-order valence-corrected chi connectivity index (χ3v) is 8.95. The van der Waals surface area contributed by atoms with Crippen LogP contribution in [0.1, 0.15) is 23.2 Å². The average molecular weight is 485 g/mol. The fraction of sp³-hybridized carbons (Fsp3) is 0.526. The molecule has 31 heavy (non-hydrogen) atoms. The molecule has 2 aliphatic rings. The van der Waals surface area contributed by atoms with Gasteiger partial charge in [-0.25, -0.2) is 8.42 Å². The highest BCUT2D eigenvalue weighted by atomic mass is 32.2. The van der Waals surface area contributed by atoms with Crippen molar-refractivity contribution in [3.05, 3.63) is 29.8 Å². The van der Waals surface area contributed by atoms with E-state index in [4.69, 9.17) is 9.47 Å². The molecule has 0 bridgehead atoms. The first kappa shape index (κ1) is 22.6. The number of carbonyl (C=O) groups excluding carboxylic acids is 1. The smallest absolute Gasteiger partial charge is 0.243 e. The van der Waals surface area contributed by atoms with Gasteiger partial charge in [0, 0.05) is 31.8 Å². The van der Waals surface area contributed by atoms with Gasteiger partial charge in [0.15, 0.2) is 10.1 Å². The van der Waals surface area contributed by atoms with Crippen molar-refractivity contribution in [1.29, 1.82) is 0 Å². The number of anilines is 1. The number of hydrogen-bond acceptors (Lipinski definition) is 10. The van der Waals surface area contributed by atoms with E-state index in [-0.39, 0.29) is 22.5 Å². The van der Waals surface area contributed by atoms with E-state index in [1.54, 1.807) is 12.1 Å². The Balaban J connectivity index is 1.29. The van der Waals surface area contributed by atoms with Crippen LogP contribution < -0.4 is 5.32 Å². The Bertz CT molecular complexity index is 984. The molecule has 0 radical (unpaired) electrons. The van der Waals surface area contributed by atoms with Crippen LogP contribution in [-0.2, 0) is 19.5 Å². The van der Waals surface area contributed by atoms with Crippen LogP contribution in [-0.4, -0.2) is 80.0 Å². The summed E-state index contributed by atoms with van der Waals surface area (Å²) in [6.07, 6.45) is 2.36. The van der Waals surface area contributed by atoms with E-state index in [9.17, 15) is 13.2 Å². The van der Waals surface area contributed by atoms with Crippen LogP contribution in [0.4, 0.5) is 5.13 Å². The SMILES string of the molecule is O=C(CSc1nnc(NC[C@H]2CCCO2)s1)c1ccc(S(=O)(=O)N2CCOCC2)cc1. The number of ketones is 1. The van der Waals surface area contributed by atoms with Crippen LogP contribution in [0.15, 0.2) is 33.5 Å². The van der Waals surface area contributed by atoms with Gasteiger partial charge in [0.05, 0.1) is 30.0 Å². The number of carbonyl (C=O) groups is 1. The lowest BCUT2D eigenvalue weighted by atomic mass is 10.1. The molecule has 168 valence electrons. The number of nitrogens with one attached hydrogen (secondary N) is 1. The molecule has 1 N–H and O–H groups in total. The quantitative estimate of drug-likeness (QED) is 0.423. The first-order chi connectivity index (χ1) is 15.0. The molecule has 4 rings (SSSR count). The summed E-state index contributed by atoms with van der Waals surface area (Å²) in [5.74, 6) is 0.111. The summed E-state index contributed by atoms with van der Waals surface area (Å²) in [4.78, 5) is 12.7. The van der Waals surface area contributed by atoms with E-state index in [2.05, 4.69) is 15.5 Å². The molecule has 3 heterocycles. The number of aromatic nitrogens is 2. The maximum Gasteiger partial charge on any atom is 0.243 e. The first-order valence-corrected chi connectivity index (χ1v) is 13.3. The van der Waals surface area contributed by atoms with Gasteiger partial charge < -0.3 is 14.8 Å². The molecule has 9 nitrogen and oxygen atoms in total. The standard InChI is InChI=1S/C19H24N4O5S3/c24-17(13-29-19-22-21-18(30-19)20-12-15-2-1-9-28-15)14-3-5-16(6-4-14)31(25,26)23-7-10-27-11-8-23/h3-6,15H,1-2,7-13H2,(H,20,21)/t15-/m1/s1. The molecule has 0 saturated carbocycles. The van der Waals surface area contributed by atoms with Crippen molar-refractivity contribution in [3.63, 3.8) is 0 Å². The highest BCUT2D eigenvalue weighted by Crippen LogP contribution is 2.27. The summed E-state index contributed by atoms with van der Waals surface area (Å²) in [6, 6.07) is 6.09. The van der Waals surface area contributed by atoms with Gasteiger partial charge in [0.25, 0.3) is 0 Å². The number of thioether (sulfide) groups is 1. The number of nitrogens with zero attached hydrogens (tertiary/aromatic N) is 3. The predicted octanol–water partition coefficient (Wildman–Crippen LogP) is 2.12. The maximum atomic E-state index is 12.7.